The van der Waals surface area contributed by atoms with Gasteiger partial charge in [-0.25, -0.2) is 0 Å². The van der Waals surface area contributed by atoms with Crippen LogP contribution in [0.15, 0.2) is 16.4 Å². The molecule has 0 amide bonds. The van der Waals surface area contributed by atoms with E-state index in [-0.39, 0.29) is 16.7 Å². The monoisotopic (exact) mass is 263 g/mol. The Balaban J connectivity index is 3.17. The Kier molecular flexibility index (Phi) is 5.71. The van der Waals surface area contributed by atoms with Crippen LogP contribution in [0.5, 0.6) is 0 Å². The van der Waals surface area contributed by atoms with Crippen molar-refractivity contribution in [1.29, 1.82) is 0 Å². The van der Waals surface area contributed by atoms with Crippen molar-refractivity contribution in [2.24, 2.45) is 10.9 Å². The molecule has 1 heterocycles. The second-order valence-corrected chi connectivity index (χ2v) is 4.83. The molecule has 19 heavy (non-hydrogen) atoms. The van der Waals surface area contributed by atoms with Crippen molar-refractivity contribution < 1.29 is 4.92 Å². The summed E-state index contributed by atoms with van der Waals surface area (Å²) in [5.41, 5.74) is 1.43. The summed E-state index contributed by atoms with van der Waals surface area (Å²) in [5, 5.41) is 11.2. The van der Waals surface area contributed by atoms with Gasteiger partial charge in [0.1, 0.15) is 0 Å². The fraction of sp³-hybridized carbons (Fsp3) is 0.643. The summed E-state index contributed by atoms with van der Waals surface area (Å²) in [5.74, 6) is 5.84. The van der Waals surface area contributed by atoms with E-state index in [1.54, 1.807) is 6.92 Å². The first-order valence-electron chi connectivity index (χ1n) is 6.55. The molecule has 0 radical (unpaired) electrons. The lowest BCUT2D eigenvalue weighted by atomic mass is 9.98. The second kappa shape index (κ2) is 7.05. The number of nitro groups is 1. The number of rotatable bonds is 4. The summed E-state index contributed by atoms with van der Waals surface area (Å²) < 4.78 is 0. The summed E-state index contributed by atoms with van der Waals surface area (Å²) in [6, 6.07) is 0. The van der Waals surface area contributed by atoms with Crippen LogP contribution in [-0.4, -0.2) is 35.7 Å². The van der Waals surface area contributed by atoms with Crippen LogP contribution in [-0.2, 0) is 0 Å². The first kappa shape index (κ1) is 15.4. The number of likely N-dealkylation sites (N-methyl/N-ethyl adjacent to an activating group) is 1. The zero-order valence-corrected chi connectivity index (χ0v) is 12.1. The van der Waals surface area contributed by atoms with Gasteiger partial charge in [0.25, 0.3) is 0 Å². The quantitative estimate of drug-likeness (QED) is 0.444. The highest BCUT2D eigenvalue weighted by Gasteiger charge is 2.27. The molecule has 0 spiro atoms. The minimum atomic E-state index is -0.381. The Labute approximate surface area is 114 Å². The van der Waals surface area contributed by atoms with Gasteiger partial charge in [0.15, 0.2) is 0 Å². The first-order valence-corrected chi connectivity index (χ1v) is 6.55. The third-order valence-corrected chi connectivity index (χ3v) is 3.32. The van der Waals surface area contributed by atoms with Crippen LogP contribution in [0.4, 0.5) is 0 Å². The van der Waals surface area contributed by atoms with Gasteiger partial charge in [0, 0.05) is 18.0 Å². The minimum absolute atomic E-state index is 0.0117. The van der Waals surface area contributed by atoms with Crippen molar-refractivity contribution in [3.63, 3.8) is 0 Å². The van der Waals surface area contributed by atoms with E-state index >= 15 is 0 Å². The van der Waals surface area contributed by atoms with Crippen LogP contribution in [0.25, 0.3) is 0 Å². The van der Waals surface area contributed by atoms with Gasteiger partial charge in [-0.1, -0.05) is 19.8 Å². The predicted molar refractivity (Wildman–Crippen MR) is 76.5 cm³/mol. The summed E-state index contributed by atoms with van der Waals surface area (Å²) in [6.45, 7) is 7.23. The lowest BCUT2D eigenvalue weighted by Crippen LogP contribution is -2.22. The Morgan fingerprint density at radius 2 is 2.26 bits per heavy atom. The lowest BCUT2D eigenvalue weighted by Gasteiger charge is -2.15. The lowest BCUT2D eigenvalue weighted by molar-refractivity contribution is -0.427. The molecule has 1 atom stereocenters. The van der Waals surface area contributed by atoms with Crippen molar-refractivity contribution in [2.45, 2.75) is 33.6 Å². The van der Waals surface area contributed by atoms with E-state index in [9.17, 15) is 10.1 Å². The van der Waals surface area contributed by atoms with Gasteiger partial charge in [-0.15, -0.1) is 0 Å². The van der Waals surface area contributed by atoms with Gasteiger partial charge in [0.2, 0.25) is 5.71 Å². The van der Waals surface area contributed by atoms with Gasteiger partial charge >= 0.3 is 5.82 Å². The standard InChI is InChI=1S/C14H21N3O2/c1-5-7-13-11(3)8-9-12(10-16(4)6-2)14(15-13)17(18)19/h11H,6,8-10H2,1-4H3. The molecular formula is C14H21N3O2. The van der Waals surface area contributed by atoms with Crippen LogP contribution in [0.1, 0.15) is 33.6 Å². The van der Waals surface area contributed by atoms with Gasteiger partial charge in [0.05, 0.1) is 0 Å². The zero-order chi connectivity index (χ0) is 14.4. The zero-order valence-electron chi connectivity index (χ0n) is 12.1. The van der Waals surface area contributed by atoms with Crippen LogP contribution >= 0.6 is 0 Å². The van der Waals surface area contributed by atoms with Gasteiger partial charge < -0.3 is 15.0 Å². The third-order valence-electron chi connectivity index (χ3n) is 3.32. The summed E-state index contributed by atoms with van der Waals surface area (Å²) in [6.07, 6.45) is 1.57. The Hall–Kier alpha value is -1.67. The molecule has 1 aliphatic heterocycles. The topological polar surface area (TPSA) is 58.7 Å². The van der Waals surface area contributed by atoms with Crippen LogP contribution in [0, 0.1) is 27.9 Å². The van der Waals surface area contributed by atoms with E-state index < -0.39 is 0 Å². The molecule has 0 aromatic heterocycles. The SMILES string of the molecule is CC#CC1=NC([N+](=O)[O-])=C(CN(C)CC)CCC1C. The summed E-state index contributed by atoms with van der Waals surface area (Å²) >= 11 is 0. The number of nitrogens with zero attached hydrogens (tertiary/aromatic N) is 3. The number of hydrogen-bond acceptors (Lipinski definition) is 4. The molecule has 1 aliphatic rings. The van der Waals surface area contributed by atoms with Gasteiger partial charge in [-0.3, -0.25) is 0 Å². The molecule has 0 N–H and O–H groups in total. The van der Waals surface area contributed by atoms with Gasteiger partial charge in [-0.05, 0) is 49.2 Å². The molecule has 0 aromatic carbocycles. The fourth-order valence-electron chi connectivity index (χ4n) is 1.98. The maximum atomic E-state index is 11.2. The molecule has 104 valence electrons. The maximum absolute atomic E-state index is 11.2. The largest absolute Gasteiger partial charge is 0.364 e. The van der Waals surface area contributed by atoms with Crippen LogP contribution in [0.3, 0.4) is 0 Å². The molecule has 5 heteroatoms. The Bertz CT molecular complexity index is 469. The van der Waals surface area contributed by atoms with E-state index in [1.807, 2.05) is 20.9 Å². The van der Waals surface area contributed by atoms with Crippen molar-refractivity contribution >= 4 is 5.71 Å². The highest BCUT2D eigenvalue weighted by atomic mass is 16.6. The number of aliphatic imine (C=N–C) groups is 1. The molecule has 0 aliphatic carbocycles. The number of hydrogen-bond donors (Lipinski definition) is 0. The van der Waals surface area contributed by atoms with Crippen LogP contribution < -0.4 is 0 Å². The molecular weight excluding hydrogens is 242 g/mol. The van der Waals surface area contributed by atoms with E-state index in [0.29, 0.717) is 18.7 Å². The summed E-state index contributed by atoms with van der Waals surface area (Å²) in [4.78, 5) is 17.1. The fourth-order valence-corrected chi connectivity index (χ4v) is 1.98. The van der Waals surface area contributed by atoms with E-state index in [2.05, 4.69) is 21.7 Å². The van der Waals surface area contributed by atoms with Crippen molar-refractivity contribution in [3.8, 4) is 11.8 Å². The molecule has 1 unspecified atom stereocenters. The summed E-state index contributed by atoms with van der Waals surface area (Å²) in [7, 11) is 1.95. The minimum Gasteiger partial charge on any atom is -0.358 e. The average Bonchev–Trinajstić information content (AvgIpc) is 2.52. The average molecular weight is 263 g/mol. The Morgan fingerprint density at radius 1 is 1.58 bits per heavy atom. The van der Waals surface area contributed by atoms with Gasteiger partial charge in [-0.2, -0.15) is 0 Å². The molecule has 0 saturated heterocycles. The smallest absolute Gasteiger partial charge is 0.358 e. The molecule has 0 bridgehead atoms. The first-order chi connectivity index (χ1) is 8.99. The second-order valence-electron chi connectivity index (χ2n) is 4.83. The van der Waals surface area contributed by atoms with Crippen LogP contribution in [0.2, 0.25) is 0 Å². The molecule has 0 fully saturated rings. The molecule has 5 nitrogen and oxygen atoms in total. The van der Waals surface area contributed by atoms with Crippen molar-refractivity contribution in [2.75, 3.05) is 20.1 Å². The third kappa shape index (κ3) is 4.18. The van der Waals surface area contributed by atoms with E-state index in [4.69, 9.17) is 0 Å². The normalized spacial score (nSPS) is 19.6. The molecule has 0 saturated carbocycles. The highest BCUT2D eigenvalue weighted by molar-refractivity contribution is 6.02. The van der Waals surface area contributed by atoms with E-state index in [1.165, 1.54) is 0 Å². The van der Waals surface area contributed by atoms with Crippen molar-refractivity contribution in [3.05, 3.63) is 21.5 Å². The maximum Gasteiger partial charge on any atom is 0.364 e. The van der Waals surface area contributed by atoms with Crippen molar-refractivity contribution in [1.82, 2.24) is 4.90 Å². The van der Waals surface area contributed by atoms with E-state index in [0.717, 1.165) is 18.5 Å². The highest BCUT2D eigenvalue weighted by Crippen LogP contribution is 2.23. The molecule has 0 aromatic rings. The Morgan fingerprint density at radius 3 is 2.79 bits per heavy atom. The predicted octanol–water partition coefficient (Wildman–Crippen LogP) is 2.32. The molecule has 1 rings (SSSR count).